The summed E-state index contributed by atoms with van der Waals surface area (Å²) in [5.41, 5.74) is 5.40. The van der Waals surface area contributed by atoms with Crippen LogP contribution >= 0.6 is 0 Å². The van der Waals surface area contributed by atoms with Crippen molar-refractivity contribution in [2.75, 3.05) is 6.54 Å². The molecule has 0 saturated heterocycles. The van der Waals surface area contributed by atoms with E-state index < -0.39 is 36.0 Å². The van der Waals surface area contributed by atoms with E-state index in [2.05, 4.69) is 10.6 Å². The summed E-state index contributed by atoms with van der Waals surface area (Å²) in [4.78, 5) is 32.2. The molecule has 0 aromatic heterocycles. The van der Waals surface area contributed by atoms with Gasteiger partial charge in [0.1, 0.15) is 12.1 Å². The standard InChI is InChI=1S/C11H21N3O5/c1-6(9(12)11(18)19)13-5-3-4-8(10(16)17)14-7(2)15/h6,8-9,13H,3-5,12H2,1-2H3,(H,14,15)(H,16,17)(H,18,19)/t6?,8-,9?/m0/s1. The molecular weight excluding hydrogens is 254 g/mol. The van der Waals surface area contributed by atoms with Crippen molar-refractivity contribution in [2.45, 2.75) is 44.8 Å². The van der Waals surface area contributed by atoms with E-state index >= 15 is 0 Å². The van der Waals surface area contributed by atoms with Crippen LogP contribution in [-0.4, -0.2) is 52.7 Å². The van der Waals surface area contributed by atoms with Gasteiger partial charge < -0.3 is 26.6 Å². The van der Waals surface area contributed by atoms with Crippen LogP contribution in [0.4, 0.5) is 0 Å². The van der Waals surface area contributed by atoms with Gasteiger partial charge in [0, 0.05) is 13.0 Å². The lowest BCUT2D eigenvalue weighted by atomic mass is 10.1. The molecule has 0 heterocycles. The molecule has 0 bridgehead atoms. The first-order valence-corrected chi connectivity index (χ1v) is 5.97. The van der Waals surface area contributed by atoms with E-state index in [9.17, 15) is 14.4 Å². The zero-order valence-electron chi connectivity index (χ0n) is 11.0. The minimum Gasteiger partial charge on any atom is -0.480 e. The van der Waals surface area contributed by atoms with Gasteiger partial charge in [0.15, 0.2) is 0 Å². The zero-order chi connectivity index (χ0) is 15.0. The molecule has 3 atom stereocenters. The molecule has 0 aromatic carbocycles. The third kappa shape index (κ3) is 7.37. The van der Waals surface area contributed by atoms with Gasteiger partial charge in [-0.05, 0) is 26.3 Å². The van der Waals surface area contributed by atoms with Crippen molar-refractivity contribution in [1.82, 2.24) is 10.6 Å². The van der Waals surface area contributed by atoms with Crippen LogP contribution in [0.3, 0.4) is 0 Å². The summed E-state index contributed by atoms with van der Waals surface area (Å²) in [6.45, 7) is 3.31. The quantitative estimate of drug-likeness (QED) is 0.331. The molecule has 0 aliphatic carbocycles. The molecule has 1 amide bonds. The predicted octanol–water partition coefficient (Wildman–Crippen LogP) is -1.25. The van der Waals surface area contributed by atoms with Crippen molar-refractivity contribution in [3.05, 3.63) is 0 Å². The lowest BCUT2D eigenvalue weighted by molar-refractivity contribution is -0.141. The molecule has 0 aromatic rings. The van der Waals surface area contributed by atoms with Gasteiger partial charge in [0.05, 0.1) is 0 Å². The zero-order valence-corrected chi connectivity index (χ0v) is 11.0. The maximum absolute atomic E-state index is 10.8. The number of hydrogen-bond acceptors (Lipinski definition) is 5. The lowest BCUT2D eigenvalue weighted by Crippen LogP contribution is -2.48. The van der Waals surface area contributed by atoms with E-state index in [1.165, 1.54) is 6.92 Å². The lowest BCUT2D eigenvalue weighted by Gasteiger charge is -2.18. The number of carboxylic acids is 2. The van der Waals surface area contributed by atoms with Crippen molar-refractivity contribution < 1.29 is 24.6 Å². The Morgan fingerprint density at radius 1 is 1.21 bits per heavy atom. The number of carbonyl (C=O) groups is 3. The molecule has 0 saturated carbocycles. The number of carbonyl (C=O) groups excluding carboxylic acids is 1. The Morgan fingerprint density at radius 2 is 1.79 bits per heavy atom. The fraction of sp³-hybridized carbons (Fsp3) is 0.727. The van der Waals surface area contributed by atoms with E-state index in [1.807, 2.05) is 0 Å². The van der Waals surface area contributed by atoms with Crippen molar-refractivity contribution in [3.8, 4) is 0 Å². The van der Waals surface area contributed by atoms with Gasteiger partial charge in [-0.25, -0.2) is 4.79 Å². The fourth-order valence-corrected chi connectivity index (χ4v) is 1.48. The van der Waals surface area contributed by atoms with Gasteiger partial charge in [-0.3, -0.25) is 9.59 Å². The first-order chi connectivity index (χ1) is 8.75. The van der Waals surface area contributed by atoms with Crippen molar-refractivity contribution in [3.63, 3.8) is 0 Å². The van der Waals surface area contributed by atoms with E-state index in [0.29, 0.717) is 13.0 Å². The molecule has 110 valence electrons. The topological polar surface area (TPSA) is 142 Å². The molecule has 6 N–H and O–H groups in total. The van der Waals surface area contributed by atoms with Crippen LogP contribution in [0.25, 0.3) is 0 Å². The minimum absolute atomic E-state index is 0.261. The van der Waals surface area contributed by atoms with Gasteiger partial charge in [-0.1, -0.05) is 0 Å². The number of nitrogens with two attached hydrogens (primary N) is 1. The summed E-state index contributed by atoms with van der Waals surface area (Å²) in [7, 11) is 0. The molecule has 8 heteroatoms. The average Bonchev–Trinajstić information content (AvgIpc) is 2.30. The van der Waals surface area contributed by atoms with Gasteiger partial charge >= 0.3 is 11.9 Å². The number of aliphatic carboxylic acids is 2. The first-order valence-electron chi connectivity index (χ1n) is 5.97. The van der Waals surface area contributed by atoms with Crippen molar-refractivity contribution in [1.29, 1.82) is 0 Å². The van der Waals surface area contributed by atoms with Crippen LogP contribution < -0.4 is 16.4 Å². The molecule has 0 aliphatic rings. The third-order valence-electron chi connectivity index (χ3n) is 2.64. The van der Waals surface area contributed by atoms with Crippen LogP contribution in [0.15, 0.2) is 0 Å². The number of amides is 1. The summed E-state index contributed by atoms with van der Waals surface area (Å²) in [6.07, 6.45) is 0.741. The Kier molecular flexibility index (Phi) is 7.69. The van der Waals surface area contributed by atoms with Gasteiger partial charge in [-0.15, -0.1) is 0 Å². The number of hydrogen-bond donors (Lipinski definition) is 5. The van der Waals surface area contributed by atoms with E-state index in [4.69, 9.17) is 15.9 Å². The molecule has 0 fully saturated rings. The Hall–Kier alpha value is -1.67. The Morgan fingerprint density at radius 3 is 2.21 bits per heavy atom. The second kappa shape index (κ2) is 8.44. The minimum atomic E-state index is -1.10. The summed E-state index contributed by atoms with van der Waals surface area (Å²) < 4.78 is 0. The third-order valence-corrected chi connectivity index (χ3v) is 2.64. The SMILES string of the molecule is CC(=O)N[C@@H](CCCNC(C)C(N)C(=O)O)C(=O)O. The van der Waals surface area contributed by atoms with Crippen molar-refractivity contribution >= 4 is 17.8 Å². The van der Waals surface area contributed by atoms with Crippen LogP contribution in [0.1, 0.15) is 26.7 Å². The molecule has 0 spiro atoms. The average molecular weight is 275 g/mol. The second-order valence-corrected chi connectivity index (χ2v) is 4.34. The summed E-state index contributed by atoms with van der Waals surface area (Å²) >= 11 is 0. The molecule has 8 nitrogen and oxygen atoms in total. The van der Waals surface area contributed by atoms with Crippen LogP contribution in [0, 0.1) is 0 Å². The number of carboxylic acid groups (broad SMARTS) is 2. The van der Waals surface area contributed by atoms with Crippen LogP contribution in [-0.2, 0) is 14.4 Å². The molecular formula is C11H21N3O5. The van der Waals surface area contributed by atoms with E-state index in [1.54, 1.807) is 6.92 Å². The highest BCUT2D eigenvalue weighted by Crippen LogP contribution is 1.98. The molecule has 2 unspecified atom stereocenters. The summed E-state index contributed by atoms with van der Waals surface area (Å²) in [5, 5.41) is 22.8. The number of nitrogens with one attached hydrogen (secondary N) is 2. The van der Waals surface area contributed by atoms with Gasteiger partial charge in [-0.2, -0.15) is 0 Å². The fourth-order valence-electron chi connectivity index (χ4n) is 1.48. The highest BCUT2D eigenvalue weighted by Gasteiger charge is 2.20. The summed E-state index contributed by atoms with van der Waals surface area (Å²) in [5.74, 6) is -2.59. The van der Waals surface area contributed by atoms with Crippen LogP contribution in [0.2, 0.25) is 0 Å². The maximum Gasteiger partial charge on any atom is 0.326 e. The Labute approximate surface area is 111 Å². The predicted molar refractivity (Wildman–Crippen MR) is 67.6 cm³/mol. The normalized spacial score (nSPS) is 15.3. The second-order valence-electron chi connectivity index (χ2n) is 4.34. The monoisotopic (exact) mass is 275 g/mol. The highest BCUT2D eigenvalue weighted by atomic mass is 16.4. The van der Waals surface area contributed by atoms with Crippen molar-refractivity contribution in [2.24, 2.45) is 5.73 Å². The van der Waals surface area contributed by atoms with Crippen LogP contribution in [0.5, 0.6) is 0 Å². The maximum atomic E-state index is 10.8. The van der Waals surface area contributed by atoms with E-state index in [0.717, 1.165) is 0 Å². The highest BCUT2D eigenvalue weighted by molar-refractivity contribution is 5.81. The van der Waals surface area contributed by atoms with E-state index in [-0.39, 0.29) is 6.42 Å². The van der Waals surface area contributed by atoms with Gasteiger partial charge in [0.25, 0.3) is 0 Å². The summed E-state index contributed by atoms with van der Waals surface area (Å²) in [6, 6.07) is -2.35. The Bertz CT molecular complexity index is 334. The molecule has 0 rings (SSSR count). The number of rotatable bonds is 9. The molecule has 0 radical (unpaired) electrons. The Balaban J connectivity index is 3.97. The molecule has 19 heavy (non-hydrogen) atoms. The first kappa shape index (κ1) is 17.3. The largest absolute Gasteiger partial charge is 0.480 e. The van der Waals surface area contributed by atoms with Gasteiger partial charge in [0.2, 0.25) is 5.91 Å². The smallest absolute Gasteiger partial charge is 0.326 e. The molecule has 0 aliphatic heterocycles.